The predicted molar refractivity (Wildman–Crippen MR) is 96.6 cm³/mol. The van der Waals surface area contributed by atoms with Crippen LogP contribution in [0.2, 0.25) is 0 Å². The molecule has 3 N–H and O–H groups in total. The van der Waals surface area contributed by atoms with E-state index in [0.717, 1.165) is 31.3 Å². The van der Waals surface area contributed by atoms with E-state index >= 15 is 0 Å². The second-order valence-corrected chi connectivity index (χ2v) is 7.76. The van der Waals surface area contributed by atoms with Crippen LogP contribution in [0.4, 0.5) is 0 Å². The van der Waals surface area contributed by atoms with Crippen LogP contribution < -0.4 is 0 Å². The largest absolute Gasteiger partial charge is 0.393 e. The summed E-state index contributed by atoms with van der Waals surface area (Å²) in [6, 6.07) is 0. The van der Waals surface area contributed by atoms with Crippen LogP contribution in [0.25, 0.3) is 0 Å². The van der Waals surface area contributed by atoms with Gasteiger partial charge in [-0.15, -0.1) is 0 Å². The minimum Gasteiger partial charge on any atom is -0.393 e. The number of hydrogen-bond donors (Lipinski definition) is 3. The van der Waals surface area contributed by atoms with Gasteiger partial charge in [0, 0.05) is 6.42 Å². The zero-order valence-electron chi connectivity index (χ0n) is 15.4. The van der Waals surface area contributed by atoms with Crippen LogP contribution in [0, 0.1) is 5.92 Å². The fourth-order valence-corrected chi connectivity index (χ4v) is 3.02. The summed E-state index contributed by atoms with van der Waals surface area (Å²) in [7, 11) is 0. The lowest BCUT2D eigenvalue weighted by atomic mass is 9.90. The minimum absolute atomic E-state index is 0.0854. The van der Waals surface area contributed by atoms with Gasteiger partial charge in [-0.05, 0) is 58.3 Å². The Kier molecular flexibility index (Phi) is 8.88. The molecule has 4 nitrogen and oxygen atoms in total. The number of carbonyl (C=O) groups excluding carboxylic acids is 1. The highest BCUT2D eigenvalue weighted by Gasteiger charge is 2.23. The van der Waals surface area contributed by atoms with Crippen LogP contribution in [0.5, 0.6) is 0 Å². The van der Waals surface area contributed by atoms with Gasteiger partial charge in [0.05, 0.1) is 12.2 Å². The van der Waals surface area contributed by atoms with Crippen LogP contribution >= 0.6 is 0 Å². The van der Waals surface area contributed by atoms with E-state index in [0.29, 0.717) is 31.6 Å². The number of ketones is 1. The molecule has 0 spiro atoms. The van der Waals surface area contributed by atoms with E-state index in [1.807, 2.05) is 12.2 Å². The van der Waals surface area contributed by atoms with Crippen molar-refractivity contribution in [3.8, 4) is 0 Å². The lowest BCUT2D eigenvalue weighted by molar-refractivity contribution is -0.134. The number of aliphatic hydroxyl groups excluding tert-OH is 2. The maximum atomic E-state index is 11.7. The summed E-state index contributed by atoms with van der Waals surface area (Å²) in [5.74, 6) is 0.393. The molecule has 0 aromatic heterocycles. The Hall–Kier alpha value is -0.970. The van der Waals surface area contributed by atoms with Crippen molar-refractivity contribution in [2.45, 2.75) is 89.9 Å². The summed E-state index contributed by atoms with van der Waals surface area (Å²) < 4.78 is 0. The number of Topliss-reactive ketones (excluding diaryl/α,β-unsaturated/α-hetero) is 1. The van der Waals surface area contributed by atoms with Gasteiger partial charge in [0.1, 0.15) is 5.60 Å². The molecule has 0 aliphatic heterocycles. The minimum atomic E-state index is -1.21. The van der Waals surface area contributed by atoms with Gasteiger partial charge in [0.15, 0.2) is 5.78 Å². The molecule has 1 aliphatic carbocycles. The maximum absolute atomic E-state index is 11.7. The predicted octanol–water partition coefficient (Wildman–Crippen LogP) is 3.30. The normalized spacial score (nSPS) is 23.5. The molecule has 1 aliphatic rings. The van der Waals surface area contributed by atoms with Gasteiger partial charge >= 0.3 is 0 Å². The molecule has 0 saturated heterocycles. The average Bonchev–Trinajstić information content (AvgIpc) is 2.46. The monoisotopic (exact) mass is 338 g/mol. The number of aliphatic hydroxyl groups is 3. The van der Waals surface area contributed by atoms with Crippen molar-refractivity contribution >= 4 is 5.78 Å². The summed E-state index contributed by atoms with van der Waals surface area (Å²) in [4.78, 5) is 11.7. The molecule has 24 heavy (non-hydrogen) atoms. The lowest BCUT2D eigenvalue weighted by Gasteiger charge is -2.24. The van der Waals surface area contributed by atoms with Crippen molar-refractivity contribution in [1.82, 2.24) is 0 Å². The Morgan fingerprint density at radius 2 is 1.88 bits per heavy atom. The summed E-state index contributed by atoms with van der Waals surface area (Å²) in [6.07, 6.45) is 11.5. The molecule has 0 radical (unpaired) electrons. The Balaban J connectivity index is 2.17. The van der Waals surface area contributed by atoms with Gasteiger partial charge in [0.25, 0.3) is 0 Å². The number of hydrogen-bond acceptors (Lipinski definition) is 4. The van der Waals surface area contributed by atoms with Crippen LogP contribution in [-0.4, -0.2) is 38.9 Å². The van der Waals surface area contributed by atoms with E-state index in [1.54, 1.807) is 13.8 Å². The van der Waals surface area contributed by atoms with Crippen LogP contribution in [0.15, 0.2) is 23.8 Å². The molecule has 1 saturated carbocycles. The molecule has 1 rings (SSSR count). The first kappa shape index (κ1) is 21.1. The highest BCUT2D eigenvalue weighted by molar-refractivity contribution is 5.86. The Morgan fingerprint density at radius 3 is 2.46 bits per heavy atom. The standard InChI is InChI=1S/C20H34O4/c1-15(10-11-19(23)20(2,3)24)8-6-4-5-7-9-16-12-17(21)14-18(22)13-16/h5,7,9,15,17-18,21-22,24H,4,6,8,10-14H2,1-3H3/b7-5+/t15-,17+,18+/m0/s1. The Labute approximate surface area is 146 Å². The van der Waals surface area contributed by atoms with Crippen molar-refractivity contribution in [2.24, 2.45) is 5.92 Å². The van der Waals surface area contributed by atoms with Crippen molar-refractivity contribution in [1.29, 1.82) is 0 Å². The molecule has 0 bridgehead atoms. The topological polar surface area (TPSA) is 77.8 Å². The molecule has 4 heteroatoms. The van der Waals surface area contributed by atoms with E-state index in [2.05, 4.69) is 13.0 Å². The van der Waals surface area contributed by atoms with E-state index in [1.165, 1.54) is 0 Å². The van der Waals surface area contributed by atoms with Crippen molar-refractivity contribution in [3.63, 3.8) is 0 Å². The van der Waals surface area contributed by atoms with Crippen LogP contribution in [0.3, 0.4) is 0 Å². The maximum Gasteiger partial charge on any atom is 0.163 e. The molecular formula is C20H34O4. The second-order valence-electron chi connectivity index (χ2n) is 7.76. The summed E-state index contributed by atoms with van der Waals surface area (Å²) in [6.45, 7) is 5.24. The van der Waals surface area contributed by atoms with E-state index in [9.17, 15) is 20.1 Å². The molecule has 0 heterocycles. The number of allylic oxidation sites excluding steroid dienone is 3. The van der Waals surface area contributed by atoms with Gasteiger partial charge in [-0.2, -0.15) is 0 Å². The van der Waals surface area contributed by atoms with Crippen molar-refractivity contribution < 1.29 is 20.1 Å². The molecule has 0 aromatic carbocycles. The first-order valence-corrected chi connectivity index (χ1v) is 9.15. The third-order valence-electron chi connectivity index (χ3n) is 4.62. The number of carbonyl (C=O) groups is 1. The highest BCUT2D eigenvalue weighted by Crippen LogP contribution is 2.24. The van der Waals surface area contributed by atoms with Gasteiger partial charge < -0.3 is 15.3 Å². The molecule has 0 aromatic rings. The quantitative estimate of drug-likeness (QED) is 0.564. The molecule has 1 fully saturated rings. The molecule has 138 valence electrons. The SMILES string of the molecule is C[C@@H](CCC/C=C/C=C1C[C@@H](O)C[C@H](O)C1)CCC(=O)C(C)(C)O. The van der Waals surface area contributed by atoms with E-state index < -0.39 is 17.8 Å². The smallest absolute Gasteiger partial charge is 0.163 e. The van der Waals surface area contributed by atoms with Gasteiger partial charge in [-0.3, -0.25) is 4.79 Å². The zero-order valence-corrected chi connectivity index (χ0v) is 15.4. The van der Waals surface area contributed by atoms with Gasteiger partial charge in [0.2, 0.25) is 0 Å². The van der Waals surface area contributed by atoms with Crippen molar-refractivity contribution in [3.05, 3.63) is 23.8 Å². The average molecular weight is 338 g/mol. The molecular weight excluding hydrogens is 304 g/mol. The Bertz CT molecular complexity index is 433. The van der Waals surface area contributed by atoms with Crippen LogP contribution in [-0.2, 0) is 4.79 Å². The molecule has 0 unspecified atom stereocenters. The third-order valence-corrected chi connectivity index (χ3v) is 4.62. The second kappa shape index (κ2) is 10.1. The third kappa shape index (κ3) is 8.76. The van der Waals surface area contributed by atoms with Crippen molar-refractivity contribution in [2.75, 3.05) is 0 Å². The Morgan fingerprint density at radius 1 is 1.25 bits per heavy atom. The fraction of sp³-hybridized carbons (Fsp3) is 0.750. The van der Waals surface area contributed by atoms with Gasteiger partial charge in [-0.25, -0.2) is 0 Å². The first-order valence-electron chi connectivity index (χ1n) is 9.15. The van der Waals surface area contributed by atoms with Crippen LogP contribution in [0.1, 0.15) is 72.1 Å². The summed E-state index contributed by atoms with van der Waals surface area (Å²) in [5.41, 5.74) is -0.105. The lowest BCUT2D eigenvalue weighted by Crippen LogP contribution is -2.31. The number of unbranched alkanes of at least 4 members (excludes halogenated alkanes) is 1. The molecule has 0 amide bonds. The number of rotatable bonds is 9. The molecule has 3 atom stereocenters. The zero-order chi connectivity index (χ0) is 18.2. The van der Waals surface area contributed by atoms with Gasteiger partial charge in [-0.1, -0.05) is 37.1 Å². The fourth-order valence-electron chi connectivity index (χ4n) is 3.02. The van der Waals surface area contributed by atoms with E-state index in [-0.39, 0.29) is 5.78 Å². The summed E-state index contributed by atoms with van der Waals surface area (Å²) in [5, 5.41) is 28.9. The van der Waals surface area contributed by atoms with E-state index in [4.69, 9.17) is 0 Å². The highest BCUT2D eigenvalue weighted by atomic mass is 16.3. The summed E-state index contributed by atoms with van der Waals surface area (Å²) >= 11 is 0. The first-order chi connectivity index (χ1) is 11.2.